The molecule has 0 spiro atoms. The molecule has 4 aliphatic carbocycles. The van der Waals surface area contributed by atoms with Gasteiger partial charge >= 0.3 is 0 Å². The Balaban J connectivity index is 0.000000212. The summed E-state index contributed by atoms with van der Waals surface area (Å²) in [6, 6.07) is 60.3. The lowest BCUT2D eigenvalue weighted by Gasteiger charge is -2.30. The standard InChI is InChI=1S/C50H58F2N2O.C46H50F2N2O/c1-3-5-7-9-35-11-15-37(16-12-35)39-19-23-41(24-20-39)49(43-27-29-45(33-53)47(51)31-43)55-50(44-28-30-46(34-54)48(52)32-44)42-25-21-40(22-26-42)38-17-13-36(14-18-38)10-8-6-4-2;1-3-5-31-7-11-33(12-8-31)35-15-19-37(20-16-35)45(39-23-25-41(29-49)43(47)27-39)51-46(40-24-26-42(30-50)44(48)28-40)38-21-17-36(18-22-38)34-13-9-32(6-4-2)10-14-34/h19-32,35-38,49-50H,3-18H2,1-2H3;15-28,31-34,45-46H,3-14H2,1-2H3. The van der Waals surface area contributed by atoms with Crippen LogP contribution in [0.5, 0.6) is 0 Å². The van der Waals surface area contributed by atoms with Gasteiger partial charge in [-0.1, -0.05) is 226 Å². The lowest BCUT2D eigenvalue weighted by molar-refractivity contribution is 0.0304. The molecule has 12 rings (SSSR count). The van der Waals surface area contributed by atoms with E-state index in [9.17, 15) is 21.0 Å². The predicted molar refractivity (Wildman–Crippen MR) is 417 cm³/mol. The first-order valence-corrected chi connectivity index (χ1v) is 40.3. The minimum absolute atomic E-state index is 0.0283. The average Bonchev–Trinajstić information content (AvgIpc) is 0.796. The van der Waals surface area contributed by atoms with Gasteiger partial charge in [0.15, 0.2) is 0 Å². The fourth-order valence-electron chi connectivity index (χ4n) is 17.9. The summed E-state index contributed by atoms with van der Waals surface area (Å²) in [6.07, 6.45) is 32.4. The van der Waals surface area contributed by atoms with Crippen molar-refractivity contribution < 1.29 is 27.0 Å². The number of hydrogen-bond donors (Lipinski definition) is 0. The quantitative estimate of drug-likeness (QED) is 0.0356. The number of rotatable bonds is 28. The van der Waals surface area contributed by atoms with E-state index in [0.717, 1.165) is 45.9 Å². The number of unbranched alkanes of at least 4 members (excludes halogenated alkanes) is 4. The number of ether oxygens (including phenoxy) is 2. The van der Waals surface area contributed by atoms with Gasteiger partial charge in [-0.15, -0.1) is 0 Å². The Morgan fingerprint density at radius 1 is 0.274 bits per heavy atom. The van der Waals surface area contributed by atoms with Crippen molar-refractivity contribution >= 4 is 0 Å². The Morgan fingerprint density at radius 3 is 0.670 bits per heavy atom. The van der Waals surface area contributed by atoms with Crippen LogP contribution in [-0.2, 0) is 9.47 Å². The van der Waals surface area contributed by atoms with Gasteiger partial charge < -0.3 is 9.47 Å². The van der Waals surface area contributed by atoms with E-state index >= 15 is 17.6 Å². The minimum Gasteiger partial charge on any atom is -0.356 e. The van der Waals surface area contributed by atoms with Crippen LogP contribution in [0.25, 0.3) is 0 Å². The molecule has 8 aromatic rings. The van der Waals surface area contributed by atoms with Crippen molar-refractivity contribution in [2.45, 2.75) is 256 Å². The normalized spacial score (nSPS) is 21.3. The molecule has 0 aliphatic heterocycles. The third kappa shape index (κ3) is 20.5. The van der Waals surface area contributed by atoms with Crippen molar-refractivity contribution in [3.8, 4) is 24.3 Å². The van der Waals surface area contributed by atoms with E-state index in [0.29, 0.717) is 45.9 Å². The van der Waals surface area contributed by atoms with Gasteiger partial charge in [-0.25, -0.2) is 17.6 Å². The molecule has 4 saturated carbocycles. The van der Waals surface area contributed by atoms with Crippen molar-refractivity contribution in [2.75, 3.05) is 0 Å². The average molecular weight is 1430 g/mol. The van der Waals surface area contributed by atoms with Gasteiger partial charge in [-0.3, -0.25) is 0 Å². The van der Waals surface area contributed by atoms with Crippen LogP contribution in [-0.4, -0.2) is 0 Å². The molecule has 0 bridgehead atoms. The summed E-state index contributed by atoms with van der Waals surface area (Å²) in [5, 5.41) is 37.9. The van der Waals surface area contributed by atoms with Crippen LogP contribution in [0.3, 0.4) is 0 Å². The molecule has 0 N–H and O–H groups in total. The molecular weight excluding hydrogens is 1320 g/mol. The molecule has 4 unspecified atom stereocenters. The van der Waals surface area contributed by atoms with E-state index in [-0.39, 0.29) is 22.3 Å². The van der Waals surface area contributed by atoms with Crippen LogP contribution < -0.4 is 0 Å². The van der Waals surface area contributed by atoms with Crippen molar-refractivity contribution in [1.29, 1.82) is 21.0 Å². The highest BCUT2D eigenvalue weighted by molar-refractivity contribution is 5.45. The Kier molecular flexibility index (Phi) is 29.1. The monoisotopic (exact) mass is 1420 g/mol. The highest BCUT2D eigenvalue weighted by Crippen LogP contribution is 2.46. The summed E-state index contributed by atoms with van der Waals surface area (Å²) in [5.74, 6) is 2.98. The highest BCUT2D eigenvalue weighted by Gasteiger charge is 2.32. The maximum Gasteiger partial charge on any atom is 0.141 e. The third-order valence-electron chi connectivity index (χ3n) is 24.3. The van der Waals surface area contributed by atoms with Crippen LogP contribution >= 0.6 is 0 Å². The molecule has 4 fully saturated rings. The van der Waals surface area contributed by atoms with Gasteiger partial charge in [0.05, 0.1) is 22.3 Å². The zero-order valence-corrected chi connectivity index (χ0v) is 63.0. The first-order valence-electron chi connectivity index (χ1n) is 40.3. The van der Waals surface area contributed by atoms with Crippen molar-refractivity contribution in [3.05, 3.63) is 282 Å². The van der Waals surface area contributed by atoms with Crippen LogP contribution in [0.2, 0.25) is 0 Å². The van der Waals surface area contributed by atoms with E-state index in [1.54, 1.807) is 24.3 Å². The van der Waals surface area contributed by atoms with Crippen LogP contribution in [0.1, 0.15) is 345 Å². The number of nitriles is 4. The molecule has 106 heavy (non-hydrogen) atoms. The largest absolute Gasteiger partial charge is 0.356 e. The number of benzene rings is 8. The molecule has 8 aromatic carbocycles. The van der Waals surface area contributed by atoms with Crippen LogP contribution in [0, 0.1) is 92.3 Å². The second-order valence-corrected chi connectivity index (χ2v) is 31.3. The maximum absolute atomic E-state index is 15.2. The summed E-state index contributed by atoms with van der Waals surface area (Å²) in [4.78, 5) is 0. The molecular formula is C96H108F4N4O2. The summed E-state index contributed by atoms with van der Waals surface area (Å²) in [5.41, 5.74) is 10.8. The van der Waals surface area contributed by atoms with E-state index in [4.69, 9.17) is 9.47 Å². The lowest BCUT2D eigenvalue weighted by atomic mass is 9.77. The molecule has 4 aliphatic rings. The molecule has 6 nitrogen and oxygen atoms in total. The Labute approximate surface area is 630 Å². The Hall–Kier alpha value is -8.64. The minimum atomic E-state index is -0.711. The number of halogens is 4. The molecule has 0 radical (unpaired) electrons. The zero-order chi connectivity index (χ0) is 74.3. The third-order valence-corrected chi connectivity index (χ3v) is 24.3. The van der Waals surface area contributed by atoms with Crippen molar-refractivity contribution in [2.24, 2.45) is 23.7 Å². The van der Waals surface area contributed by atoms with E-state index in [1.165, 1.54) is 251 Å². The van der Waals surface area contributed by atoms with Crippen molar-refractivity contribution in [1.82, 2.24) is 0 Å². The first-order chi connectivity index (χ1) is 51.8. The first kappa shape index (κ1) is 78.4. The predicted octanol–water partition coefficient (Wildman–Crippen LogP) is 27.1. The summed E-state index contributed by atoms with van der Waals surface area (Å²) in [6.45, 7) is 9.05. The molecule has 0 saturated heterocycles. The van der Waals surface area contributed by atoms with Gasteiger partial charge in [0.1, 0.15) is 72.0 Å². The van der Waals surface area contributed by atoms with Gasteiger partial charge in [-0.05, 0) is 265 Å². The topological polar surface area (TPSA) is 114 Å². The molecule has 0 heterocycles. The fraction of sp³-hybridized carbons (Fsp3) is 0.458. The SMILES string of the molecule is CCCC1CCC(c2ccc(C(OC(c3ccc(C4CCC(CCC)CC4)cc3)c3ccc(C#N)c(F)c3)c3ccc(C#N)c(F)c3)cc2)CC1.CCCCCC1CCC(c2ccc(C(OC(c3ccc(C4CCC(CCCCC)CC4)cc3)c3ccc(C#N)c(F)c3)c3ccc(C#N)c(F)c3)cc2)CC1. The van der Waals surface area contributed by atoms with Gasteiger partial charge in [-0.2, -0.15) is 21.0 Å². The number of hydrogen-bond acceptors (Lipinski definition) is 6. The smallest absolute Gasteiger partial charge is 0.141 e. The zero-order valence-electron chi connectivity index (χ0n) is 63.0. The Morgan fingerprint density at radius 2 is 0.481 bits per heavy atom. The maximum atomic E-state index is 15.2. The summed E-state index contributed by atoms with van der Waals surface area (Å²) in [7, 11) is 0. The van der Waals surface area contributed by atoms with Gasteiger partial charge in [0, 0.05) is 0 Å². The van der Waals surface area contributed by atoms with Crippen molar-refractivity contribution in [3.63, 3.8) is 0 Å². The molecule has 4 atom stereocenters. The Bertz CT molecular complexity index is 3990. The molecule has 552 valence electrons. The van der Waals surface area contributed by atoms with Crippen LogP contribution in [0.15, 0.2) is 170 Å². The molecule has 0 amide bonds. The fourth-order valence-corrected chi connectivity index (χ4v) is 17.9. The van der Waals surface area contributed by atoms with E-state index < -0.39 is 47.7 Å². The summed E-state index contributed by atoms with van der Waals surface area (Å²) >= 11 is 0. The van der Waals surface area contributed by atoms with Gasteiger partial charge in [0.25, 0.3) is 0 Å². The van der Waals surface area contributed by atoms with E-state index in [1.807, 2.05) is 24.3 Å². The second-order valence-electron chi connectivity index (χ2n) is 31.3. The molecule has 0 aromatic heterocycles. The van der Waals surface area contributed by atoms with E-state index in [2.05, 4.69) is 125 Å². The summed E-state index contributed by atoms with van der Waals surface area (Å²) < 4.78 is 74.9. The highest BCUT2D eigenvalue weighted by atomic mass is 19.1. The van der Waals surface area contributed by atoms with Gasteiger partial charge in [0.2, 0.25) is 0 Å². The lowest BCUT2D eigenvalue weighted by Crippen LogP contribution is -2.16. The second kappa shape index (κ2) is 39.3. The number of nitrogens with zero attached hydrogens (tertiary/aromatic N) is 4. The van der Waals surface area contributed by atoms with Crippen LogP contribution in [0.4, 0.5) is 17.6 Å². The molecule has 10 heteroatoms.